The number of aromatic amines is 1. The number of hydrogen-bond donors (Lipinski definition) is 2. The first kappa shape index (κ1) is 14.3. The van der Waals surface area contributed by atoms with Crippen LogP contribution in [0.25, 0.3) is 22.4 Å². The molecule has 0 aliphatic heterocycles. The topological polar surface area (TPSA) is 76.8 Å². The van der Waals surface area contributed by atoms with Crippen molar-refractivity contribution in [1.29, 1.82) is 0 Å². The van der Waals surface area contributed by atoms with Gasteiger partial charge in [0.1, 0.15) is 11.4 Å². The summed E-state index contributed by atoms with van der Waals surface area (Å²) >= 11 is 0. The van der Waals surface area contributed by atoms with E-state index in [0.29, 0.717) is 6.54 Å². The van der Waals surface area contributed by atoms with Crippen LogP contribution in [0.5, 0.6) is 5.75 Å². The third kappa shape index (κ3) is 2.46. The van der Waals surface area contributed by atoms with Crippen molar-refractivity contribution < 1.29 is 4.74 Å². The Balaban J connectivity index is 2.15. The maximum atomic E-state index is 5.82. The molecule has 3 rings (SSSR count). The molecular formula is C17H18N4O. The van der Waals surface area contributed by atoms with Crippen molar-refractivity contribution in [2.24, 2.45) is 5.73 Å². The van der Waals surface area contributed by atoms with E-state index in [9.17, 15) is 0 Å². The first-order valence-electron chi connectivity index (χ1n) is 7.08. The number of nitrogens with two attached hydrogens (primary N) is 1. The van der Waals surface area contributed by atoms with Crippen LogP contribution in [0.4, 0.5) is 0 Å². The molecule has 5 heteroatoms. The predicted molar refractivity (Wildman–Crippen MR) is 86.4 cm³/mol. The molecule has 2 heterocycles. The second-order valence-corrected chi connectivity index (χ2v) is 5.00. The highest BCUT2D eigenvalue weighted by atomic mass is 16.5. The second-order valence-electron chi connectivity index (χ2n) is 5.00. The van der Waals surface area contributed by atoms with Gasteiger partial charge in [0.25, 0.3) is 0 Å². The number of pyridine rings is 1. The largest absolute Gasteiger partial charge is 0.497 e. The highest BCUT2D eigenvalue weighted by Gasteiger charge is 2.17. The highest BCUT2D eigenvalue weighted by Crippen LogP contribution is 2.34. The normalized spacial score (nSPS) is 10.7. The lowest BCUT2D eigenvalue weighted by atomic mass is 9.98. The number of ether oxygens (including phenoxy) is 1. The van der Waals surface area contributed by atoms with Gasteiger partial charge in [0.05, 0.1) is 12.8 Å². The summed E-state index contributed by atoms with van der Waals surface area (Å²) in [6.45, 7) is 2.39. The number of hydrogen-bond acceptors (Lipinski definition) is 4. The Hall–Kier alpha value is -2.66. The Kier molecular flexibility index (Phi) is 3.89. The van der Waals surface area contributed by atoms with E-state index in [2.05, 4.69) is 15.2 Å². The summed E-state index contributed by atoms with van der Waals surface area (Å²) < 4.78 is 5.21. The Morgan fingerprint density at radius 2 is 1.95 bits per heavy atom. The summed E-state index contributed by atoms with van der Waals surface area (Å²) in [5, 5.41) is 7.52. The van der Waals surface area contributed by atoms with Crippen LogP contribution >= 0.6 is 0 Å². The first-order valence-corrected chi connectivity index (χ1v) is 7.08. The van der Waals surface area contributed by atoms with Gasteiger partial charge in [-0.2, -0.15) is 5.10 Å². The van der Waals surface area contributed by atoms with Crippen LogP contribution < -0.4 is 10.5 Å². The Labute approximate surface area is 129 Å². The zero-order valence-corrected chi connectivity index (χ0v) is 12.6. The van der Waals surface area contributed by atoms with Gasteiger partial charge in [-0.1, -0.05) is 6.07 Å². The average molecular weight is 294 g/mol. The van der Waals surface area contributed by atoms with Crippen molar-refractivity contribution in [2.75, 3.05) is 7.11 Å². The number of aryl methyl sites for hydroxylation is 1. The van der Waals surface area contributed by atoms with E-state index in [4.69, 9.17) is 10.5 Å². The molecule has 2 aromatic heterocycles. The molecule has 22 heavy (non-hydrogen) atoms. The Morgan fingerprint density at radius 1 is 1.18 bits per heavy atom. The number of rotatable bonds is 4. The van der Waals surface area contributed by atoms with E-state index in [1.807, 2.05) is 43.3 Å². The molecular weight excluding hydrogens is 276 g/mol. The molecule has 0 saturated heterocycles. The van der Waals surface area contributed by atoms with E-state index >= 15 is 0 Å². The molecule has 1 aromatic carbocycles. The lowest BCUT2D eigenvalue weighted by molar-refractivity contribution is 0.415. The number of benzene rings is 1. The second kappa shape index (κ2) is 5.99. The molecule has 0 spiro atoms. The Morgan fingerprint density at radius 3 is 2.64 bits per heavy atom. The van der Waals surface area contributed by atoms with Crippen molar-refractivity contribution in [3.63, 3.8) is 0 Å². The molecule has 112 valence electrons. The fourth-order valence-electron chi connectivity index (χ4n) is 2.54. The lowest BCUT2D eigenvalue weighted by Gasteiger charge is -2.09. The fraction of sp³-hybridized carbons (Fsp3) is 0.176. The van der Waals surface area contributed by atoms with Gasteiger partial charge < -0.3 is 10.5 Å². The number of aromatic nitrogens is 3. The van der Waals surface area contributed by atoms with E-state index in [1.54, 1.807) is 13.3 Å². The molecule has 0 aliphatic rings. The van der Waals surface area contributed by atoms with Crippen molar-refractivity contribution in [2.45, 2.75) is 13.5 Å². The van der Waals surface area contributed by atoms with Gasteiger partial charge in [-0.15, -0.1) is 0 Å². The third-order valence-electron chi connectivity index (χ3n) is 3.66. The lowest BCUT2D eigenvalue weighted by Crippen LogP contribution is -2.02. The Bertz CT molecular complexity index is 778. The van der Waals surface area contributed by atoms with Crippen LogP contribution in [0.3, 0.4) is 0 Å². The van der Waals surface area contributed by atoms with Gasteiger partial charge in [-0.25, -0.2) is 0 Å². The molecule has 0 fully saturated rings. The van der Waals surface area contributed by atoms with Gasteiger partial charge in [0, 0.05) is 35.1 Å². The van der Waals surface area contributed by atoms with Crippen LogP contribution in [-0.4, -0.2) is 22.3 Å². The number of methoxy groups -OCH3 is 1. The van der Waals surface area contributed by atoms with E-state index in [0.717, 1.165) is 39.5 Å². The third-order valence-corrected chi connectivity index (χ3v) is 3.66. The molecule has 0 amide bonds. The van der Waals surface area contributed by atoms with E-state index < -0.39 is 0 Å². The predicted octanol–water partition coefficient (Wildman–Crippen LogP) is 2.91. The SMILES string of the molecule is COc1ccc(-c2n[nH]c(C)c2-c2cccnc2CN)cc1. The van der Waals surface area contributed by atoms with Crippen LogP contribution in [-0.2, 0) is 6.54 Å². The first-order chi connectivity index (χ1) is 10.7. The smallest absolute Gasteiger partial charge is 0.118 e. The van der Waals surface area contributed by atoms with Crippen LogP contribution in [0.2, 0.25) is 0 Å². The van der Waals surface area contributed by atoms with Crippen LogP contribution in [0.15, 0.2) is 42.6 Å². The summed E-state index contributed by atoms with van der Waals surface area (Å²) in [5.41, 5.74) is 11.6. The summed E-state index contributed by atoms with van der Waals surface area (Å²) in [4.78, 5) is 4.37. The van der Waals surface area contributed by atoms with Crippen molar-refractivity contribution >= 4 is 0 Å². The molecule has 0 saturated carbocycles. The van der Waals surface area contributed by atoms with Gasteiger partial charge >= 0.3 is 0 Å². The fourth-order valence-corrected chi connectivity index (χ4v) is 2.54. The van der Waals surface area contributed by atoms with Gasteiger partial charge in [0.2, 0.25) is 0 Å². The van der Waals surface area contributed by atoms with Gasteiger partial charge in [-0.3, -0.25) is 10.1 Å². The molecule has 0 atom stereocenters. The number of nitrogens with one attached hydrogen (secondary N) is 1. The molecule has 3 aromatic rings. The maximum absolute atomic E-state index is 5.82. The minimum absolute atomic E-state index is 0.392. The monoisotopic (exact) mass is 294 g/mol. The van der Waals surface area contributed by atoms with E-state index in [1.165, 1.54) is 0 Å². The van der Waals surface area contributed by atoms with Crippen LogP contribution in [0.1, 0.15) is 11.4 Å². The zero-order valence-electron chi connectivity index (χ0n) is 12.6. The molecule has 0 bridgehead atoms. The minimum Gasteiger partial charge on any atom is -0.497 e. The number of nitrogens with zero attached hydrogens (tertiary/aromatic N) is 2. The molecule has 0 unspecified atom stereocenters. The average Bonchev–Trinajstić information content (AvgIpc) is 2.96. The molecule has 3 N–H and O–H groups in total. The van der Waals surface area contributed by atoms with Crippen molar-refractivity contribution in [1.82, 2.24) is 15.2 Å². The van der Waals surface area contributed by atoms with Gasteiger partial charge in [0.15, 0.2) is 0 Å². The maximum Gasteiger partial charge on any atom is 0.118 e. The number of H-pyrrole nitrogens is 1. The molecule has 0 radical (unpaired) electrons. The standard InChI is InChI=1S/C17H18N4O/c1-11-16(14-4-3-9-19-15(14)10-18)17(21-20-11)12-5-7-13(22-2)8-6-12/h3-9H,10,18H2,1-2H3,(H,20,21). The van der Waals surface area contributed by atoms with Crippen LogP contribution in [0, 0.1) is 6.92 Å². The highest BCUT2D eigenvalue weighted by molar-refractivity contribution is 5.83. The summed E-state index contributed by atoms with van der Waals surface area (Å²) in [6, 6.07) is 11.8. The van der Waals surface area contributed by atoms with Crippen molar-refractivity contribution in [3.8, 4) is 28.1 Å². The molecule has 0 aliphatic carbocycles. The van der Waals surface area contributed by atoms with E-state index in [-0.39, 0.29) is 0 Å². The quantitative estimate of drug-likeness (QED) is 0.775. The summed E-state index contributed by atoms with van der Waals surface area (Å²) in [5.74, 6) is 0.821. The zero-order chi connectivity index (χ0) is 15.5. The van der Waals surface area contributed by atoms with Gasteiger partial charge in [-0.05, 0) is 37.3 Å². The molecule has 5 nitrogen and oxygen atoms in total. The van der Waals surface area contributed by atoms with Crippen molar-refractivity contribution in [3.05, 3.63) is 54.0 Å². The minimum atomic E-state index is 0.392. The summed E-state index contributed by atoms with van der Waals surface area (Å²) in [6.07, 6.45) is 1.76. The summed E-state index contributed by atoms with van der Waals surface area (Å²) in [7, 11) is 1.66.